The van der Waals surface area contributed by atoms with Gasteiger partial charge in [-0.05, 0) is 59.6 Å². The fourth-order valence-electron chi connectivity index (χ4n) is 2.73. The van der Waals surface area contributed by atoms with E-state index in [0.717, 1.165) is 11.4 Å². The number of methoxy groups -OCH3 is 1. The van der Waals surface area contributed by atoms with Gasteiger partial charge < -0.3 is 14.4 Å². The summed E-state index contributed by atoms with van der Waals surface area (Å²) in [7, 11) is 1.43. The molecule has 0 saturated heterocycles. The second-order valence-electron chi connectivity index (χ2n) is 5.74. The Morgan fingerprint density at radius 3 is 2.69 bits per heavy atom. The number of ether oxygens (including phenoxy) is 1. The molecule has 2 rings (SSSR count). The number of carbonyl (C=O) groups excluding carboxylic acids is 1. The molecule has 0 amide bonds. The molecule has 1 N–H and O–H groups in total. The minimum absolute atomic E-state index is 0.00324. The molecule has 26 heavy (non-hydrogen) atoms. The number of phenols is 1. The quantitative estimate of drug-likeness (QED) is 0.325. The number of nitrogens with zero attached hydrogens (tertiary/aromatic N) is 2. The van der Waals surface area contributed by atoms with Crippen LogP contribution in [-0.4, -0.2) is 22.6 Å². The summed E-state index contributed by atoms with van der Waals surface area (Å²) in [4.78, 5) is 12.9. The molecule has 1 heterocycles. The van der Waals surface area contributed by atoms with Crippen LogP contribution in [0.4, 0.5) is 0 Å². The lowest BCUT2D eigenvalue weighted by atomic mass is 10.0. The summed E-state index contributed by atoms with van der Waals surface area (Å²) in [6, 6.07) is 6.93. The number of carbonyl (C=O) groups is 1. The number of benzene rings is 1. The first-order valence-corrected chi connectivity index (χ1v) is 8.64. The standard InChI is InChI=1S/C20H19BrN2O3/c1-5-6-23-12(2)7-16(13(23)3)19(24)15(11-22)8-14-9-17(21)20(25)18(10-14)26-4/h5,7-10,25H,1,6H2,2-4H3/b15-8+. The van der Waals surface area contributed by atoms with Crippen molar-refractivity contribution < 1.29 is 14.6 Å². The van der Waals surface area contributed by atoms with E-state index in [1.165, 1.54) is 13.2 Å². The summed E-state index contributed by atoms with van der Waals surface area (Å²) >= 11 is 3.23. The average molecular weight is 415 g/mol. The fourth-order valence-corrected chi connectivity index (χ4v) is 3.19. The minimum Gasteiger partial charge on any atom is -0.503 e. The molecule has 0 aliphatic heterocycles. The molecule has 0 aliphatic rings. The van der Waals surface area contributed by atoms with Crippen molar-refractivity contribution in [2.24, 2.45) is 0 Å². The van der Waals surface area contributed by atoms with Crippen LogP contribution < -0.4 is 4.74 Å². The summed E-state index contributed by atoms with van der Waals surface area (Å²) in [5.74, 6) is -0.138. The number of hydrogen-bond acceptors (Lipinski definition) is 4. The molecule has 0 radical (unpaired) electrons. The third-order valence-electron chi connectivity index (χ3n) is 4.08. The maximum atomic E-state index is 12.9. The number of allylic oxidation sites excluding steroid dienone is 2. The van der Waals surface area contributed by atoms with Crippen LogP contribution in [0.1, 0.15) is 27.3 Å². The van der Waals surface area contributed by atoms with E-state index in [4.69, 9.17) is 4.74 Å². The van der Waals surface area contributed by atoms with E-state index in [-0.39, 0.29) is 22.9 Å². The van der Waals surface area contributed by atoms with Crippen LogP contribution in [0.5, 0.6) is 11.5 Å². The SMILES string of the molecule is C=CCn1c(C)cc(C(=O)/C(C#N)=C/c2cc(Br)c(O)c(OC)c2)c1C. The van der Waals surface area contributed by atoms with Crippen LogP contribution in [0.25, 0.3) is 6.08 Å². The number of nitriles is 1. The van der Waals surface area contributed by atoms with Crippen molar-refractivity contribution in [2.45, 2.75) is 20.4 Å². The third kappa shape index (κ3) is 3.73. The summed E-state index contributed by atoms with van der Waals surface area (Å²) in [5, 5.41) is 19.4. The Hall–Kier alpha value is -2.78. The number of aryl methyl sites for hydroxylation is 1. The molecule has 1 aromatic carbocycles. The highest BCUT2D eigenvalue weighted by Crippen LogP contribution is 2.36. The van der Waals surface area contributed by atoms with Crippen molar-refractivity contribution in [1.29, 1.82) is 5.26 Å². The number of rotatable bonds is 6. The molecule has 2 aromatic rings. The van der Waals surface area contributed by atoms with Gasteiger partial charge in [0.25, 0.3) is 0 Å². The maximum absolute atomic E-state index is 12.9. The van der Waals surface area contributed by atoms with E-state index in [1.54, 1.807) is 24.3 Å². The summed E-state index contributed by atoms with van der Waals surface area (Å²) in [6.07, 6.45) is 3.24. The van der Waals surface area contributed by atoms with Crippen LogP contribution in [0.15, 0.2) is 40.9 Å². The highest BCUT2D eigenvalue weighted by molar-refractivity contribution is 9.10. The zero-order valence-corrected chi connectivity index (χ0v) is 16.4. The van der Waals surface area contributed by atoms with Gasteiger partial charge in [0.2, 0.25) is 5.78 Å². The number of Topliss-reactive ketones (excluding diaryl/α,β-unsaturated/α-hetero) is 1. The molecule has 5 nitrogen and oxygen atoms in total. The Bertz CT molecular complexity index is 949. The van der Waals surface area contributed by atoms with Crippen LogP contribution in [0.2, 0.25) is 0 Å². The second kappa shape index (κ2) is 8.07. The van der Waals surface area contributed by atoms with Crippen molar-refractivity contribution in [1.82, 2.24) is 4.57 Å². The molecule has 1 aromatic heterocycles. The highest BCUT2D eigenvalue weighted by Gasteiger charge is 2.19. The predicted molar refractivity (Wildman–Crippen MR) is 104 cm³/mol. The van der Waals surface area contributed by atoms with Crippen LogP contribution in [0, 0.1) is 25.2 Å². The van der Waals surface area contributed by atoms with E-state index in [1.807, 2.05) is 24.5 Å². The van der Waals surface area contributed by atoms with Gasteiger partial charge in [0.05, 0.1) is 11.6 Å². The average Bonchev–Trinajstić information content (AvgIpc) is 2.90. The van der Waals surface area contributed by atoms with E-state index in [2.05, 4.69) is 22.5 Å². The Morgan fingerprint density at radius 1 is 1.42 bits per heavy atom. The number of aromatic hydroxyl groups is 1. The van der Waals surface area contributed by atoms with Crippen molar-refractivity contribution in [2.75, 3.05) is 7.11 Å². The van der Waals surface area contributed by atoms with Crippen LogP contribution in [-0.2, 0) is 6.54 Å². The van der Waals surface area contributed by atoms with Gasteiger partial charge in [-0.3, -0.25) is 4.79 Å². The fraction of sp³-hybridized carbons (Fsp3) is 0.200. The van der Waals surface area contributed by atoms with E-state index in [9.17, 15) is 15.2 Å². The first-order valence-electron chi connectivity index (χ1n) is 7.84. The van der Waals surface area contributed by atoms with Gasteiger partial charge in [0.15, 0.2) is 11.5 Å². The molecule has 0 fully saturated rings. The normalized spacial score (nSPS) is 11.1. The van der Waals surface area contributed by atoms with Gasteiger partial charge in [-0.15, -0.1) is 6.58 Å². The van der Waals surface area contributed by atoms with Crippen molar-refractivity contribution in [3.8, 4) is 17.6 Å². The molecule has 0 bridgehead atoms. The van der Waals surface area contributed by atoms with Gasteiger partial charge in [-0.25, -0.2) is 0 Å². The topological polar surface area (TPSA) is 75.2 Å². The number of aromatic nitrogens is 1. The molecule has 0 aliphatic carbocycles. The smallest absolute Gasteiger partial charge is 0.205 e. The van der Waals surface area contributed by atoms with Gasteiger partial charge in [0.1, 0.15) is 11.6 Å². The van der Waals surface area contributed by atoms with E-state index in [0.29, 0.717) is 22.1 Å². The zero-order chi connectivity index (χ0) is 19.4. The van der Waals surface area contributed by atoms with Crippen LogP contribution in [0.3, 0.4) is 0 Å². The van der Waals surface area contributed by atoms with Crippen molar-refractivity contribution in [3.63, 3.8) is 0 Å². The number of halogens is 1. The molecule has 0 saturated carbocycles. The van der Waals surface area contributed by atoms with Crippen LogP contribution >= 0.6 is 15.9 Å². The molecule has 0 atom stereocenters. The van der Waals surface area contributed by atoms with Crippen molar-refractivity contribution >= 4 is 27.8 Å². The number of ketones is 1. The van der Waals surface area contributed by atoms with Gasteiger partial charge in [0, 0.05) is 23.5 Å². The van der Waals surface area contributed by atoms with E-state index >= 15 is 0 Å². The summed E-state index contributed by atoms with van der Waals surface area (Å²) < 4.78 is 7.48. The minimum atomic E-state index is -0.348. The first kappa shape index (κ1) is 19.5. The number of phenolic OH excluding ortho intramolecular Hbond substituents is 1. The molecule has 6 heteroatoms. The Kier molecular flexibility index (Phi) is 6.06. The summed E-state index contributed by atoms with van der Waals surface area (Å²) in [5.41, 5.74) is 2.77. The monoisotopic (exact) mass is 414 g/mol. The largest absolute Gasteiger partial charge is 0.503 e. The third-order valence-corrected chi connectivity index (χ3v) is 4.68. The second-order valence-corrected chi connectivity index (χ2v) is 6.59. The van der Waals surface area contributed by atoms with Crippen molar-refractivity contribution in [3.05, 3.63) is 63.4 Å². The molecule has 0 spiro atoms. The molecule has 0 unspecified atom stereocenters. The highest BCUT2D eigenvalue weighted by atomic mass is 79.9. The lowest BCUT2D eigenvalue weighted by Gasteiger charge is -2.07. The van der Waals surface area contributed by atoms with Gasteiger partial charge in [-0.1, -0.05) is 6.08 Å². The maximum Gasteiger partial charge on any atom is 0.205 e. The summed E-state index contributed by atoms with van der Waals surface area (Å²) in [6.45, 7) is 8.07. The lowest BCUT2D eigenvalue weighted by Crippen LogP contribution is -2.05. The number of hydrogen-bond donors (Lipinski definition) is 1. The predicted octanol–water partition coefficient (Wildman–Crippen LogP) is 4.56. The first-order chi connectivity index (χ1) is 12.3. The Morgan fingerprint density at radius 2 is 2.12 bits per heavy atom. The molecular formula is C20H19BrN2O3. The Labute approximate surface area is 161 Å². The van der Waals surface area contributed by atoms with E-state index < -0.39 is 0 Å². The lowest BCUT2D eigenvalue weighted by molar-refractivity contribution is 0.103. The Balaban J connectivity index is 2.49. The van der Waals surface area contributed by atoms with Gasteiger partial charge in [-0.2, -0.15) is 5.26 Å². The molecule has 134 valence electrons. The van der Waals surface area contributed by atoms with Gasteiger partial charge >= 0.3 is 0 Å². The zero-order valence-electron chi connectivity index (χ0n) is 14.8. The molecular weight excluding hydrogens is 396 g/mol.